The van der Waals surface area contributed by atoms with Gasteiger partial charge in [-0.05, 0) is 36.6 Å². The van der Waals surface area contributed by atoms with Gasteiger partial charge in [0.25, 0.3) is 0 Å². The number of sulfone groups is 1. The number of benzene rings is 1. The zero-order valence-corrected chi connectivity index (χ0v) is 10.8. The van der Waals surface area contributed by atoms with E-state index in [1.807, 2.05) is 19.9 Å². The molecule has 0 aliphatic carbocycles. The Hall–Kier alpha value is -0.910. The molecule has 0 saturated carbocycles. The summed E-state index contributed by atoms with van der Waals surface area (Å²) in [5.74, 6) is 0. The summed E-state index contributed by atoms with van der Waals surface area (Å²) in [7, 11) is -1.70. The SMILES string of the molecule is CONCc1cc(C)c(C)cc1S(C)(=O)=O. The van der Waals surface area contributed by atoms with Crippen molar-refractivity contribution in [3.63, 3.8) is 0 Å². The summed E-state index contributed by atoms with van der Waals surface area (Å²) < 4.78 is 23.2. The van der Waals surface area contributed by atoms with Crippen LogP contribution in [-0.2, 0) is 21.2 Å². The van der Waals surface area contributed by atoms with Gasteiger partial charge in [0.1, 0.15) is 0 Å². The molecule has 4 nitrogen and oxygen atoms in total. The lowest BCUT2D eigenvalue weighted by atomic mass is 10.1. The Kier molecular flexibility index (Phi) is 4.07. The second kappa shape index (κ2) is 4.95. The number of nitrogens with one attached hydrogen (secondary N) is 1. The third-order valence-electron chi connectivity index (χ3n) is 2.48. The zero-order chi connectivity index (χ0) is 12.3. The molecule has 16 heavy (non-hydrogen) atoms. The van der Waals surface area contributed by atoms with Gasteiger partial charge in [0.05, 0.1) is 12.0 Å². The Balaban J connectivity index is 3.28. The standard InChI is InChI=1S/C11H17NO3S/c1-8-5-10(7-12-15-3)11(6-9(8)2)16(4,13)14/h5-6,12H,7H2,1-4H3. The summed E-state index contributed by atoms with van der Waals surface area (Å²) in [5, 5.41) is 0. The summed E-state index contributed by atoms with van der Waals surface area (Å²) in [4.78, 5) is 5.10. The lowest BCUT2D eigenvalue weighted by molar-refractivity contribution is 0.0861. The Bertz CT molecular complexity index is 480. The molecule has 90 valence electrons. The van der Waals surface area contributed by atoms with Crippen molar-refractivity contribution in [3.8, 4) is 0 Å². The normalized spacial score (nSPS) is 11.8. The minimum atomic E-state index is -3.20. The van der Waals surface area contributed by atoms with E-state index < -0.39 is 9.84 Å². The molecule has 0 saturated heterocycles. The van der Waals surface area contributed by atoms with Crippen LogP contribution in [0.4, 0.5) is 0 Å². The molecule has 0 amide bonds. The average Bonchev–Trinajstić information content (AvgIpc) is 2.17. The lowest BCUT2D eigenvalue weighted by Gasteiger charge is -2.11. The van der Waals surface area contributed by atoms with Crippen LogP contribution in [0.1, 0.15) is 16.7 Å². The molecule has 0 unspecified atom stereocenters. The van der Waals surface area contributed by atoms with Crippen molar-refractivity contribution < 1.29 is 13.3 Å². The first-order valence-electron chi connectivity index (χ1n) is 4.92. The number of hydrogen-bond acceptors (Lipinski definition) is 4. The van der Waals surface area contributed by atoms with Crippen molar-refractivity contribution in [2.75, 3.05) is 13.4 Å². The molecule has 0 bridgehead atoms. The van der Waals surface area contributed by atoms with Crippen molar-refractivity contribution in [2.45, 2.75) is 25.3 Å². The third-order valence-corrected chi connectivity index (χ3v) is 3.66. The Labute approximate surface area is 96.5 Å². The van der Waals surface area contributed by atoms with Crippen molar-refractivity contribution in [1.29, 1.82) is 0 Å². The molecule has 5 heteroatoms. The van der Waals surface area contributed by atoms with E-state index in [1.54, 1.807) is 6.07 Å². The van der Waals surface area contributed by atoms with Gasteiger partial charge in [-0.15, -0.1) is 0 Å². The van der Waals surface area contributed by atoms with Gasteiger partial charge in [0, 0.05) is 12.8 Å². The first kappa shape index (κ1) is 13.2. The Morgan fingerprint density at radius 2 is 1.81 bits per heavy atom. The monoisotopic (exact) mass is 243 g/mol. The van der Waals surface area contributed by atoms with Crippen LogP contribution < -0.4 is 5.48 Å². The van der Waals surface area contributed by atoms with Gasteiger partial charge in [0.15, 0.2) is 9.84 Å². The minimum absolute atomic E-state index is 0.361. The van der Waals surface area contributed by atoms with Crippen LogP contribution in [0.5, 0.6) is 0 Å². The van der Waals surface area contributed by atoms with Crippen LogP contribution >= 0.6 is 0 Å². The fourth-order valence-corrected chi connectivity index (χ4v) is 2.48. The predicted octanol–water partition coefficient (Wildman–Crippen LogP) is 1.36. The molecule has 1 aromatic carbocycles. The molecule has 0 aliphatic rings. The quantitative estimate of drug-likeness (QED) is 0.811. The van der Waals surface area contributed by atoms with E-state index in [1.165, 1.54) is 13.4 Å². The molecular weight excluding hydrogens is 226 g/mol. The number of aryl methyl sites for hydroxylation is 2. The molecular formula is C11H17NO3S. The van der Waals surface area contributed by atoms with Crippen LogP contribution in [0.25, 0.3) is 0 Å². The maximum absolute atomic E-state index is 11.6. The van der Waals surface area contributed by atoms with Gasteiger partial charge < -0.3 is 4.84 Å². The number of hydrogen-bond donors (Lipinski definition) is 1. The van der Waals surface area contributed by atoms with E-state index in [-0.39, 0.29) is 0 Å². The van der Waals surface area contributed by atoms with E-state index in [9.17, 15) is 8.42 Å². The highest BCUT2D eigenvalue weighted by Gasteiger charge is 2.14. The maximum atomic E-state index is 11.6. The van der Waals surface area contributed by atoms with E-state index in [4.69, 9.17) is 4.84 Å². The van der Waals surface area contributed by atoms with Gasteiger partial charge >= 0.3 is 0 Å². The summed E-state index contributed by atoms with van der Waals surface area (Å²) in [6.07, 6.45) is 1.22. The zero-order valence-electron chi connectivity index (χ0n) is 9.99. The van der Waals surface area contributed by atoms with E-state index in [0.29, 0.717) is 11.4 Å². The predicted molar refractivity (Wildman–Crippen MR) is 62.9 cm³/mol. The largest absolute Gasteiger partial charge is 0.305 e. The van der Waals surface area contributed by atoms with Gasteiger partial charge in [0.2, 0.25) is 0 Å². The van der Waals surface area contributed by atoms with Crippen LogP contribution in [-0.4, -0.2) is 21.8 Å². The van der Waals surface area contributed by atoms with Crippen molar-refractivity contribution >= 4 is 9.84 Å². The minimum Gasteiger partial charge on any atom is -0.305 e. The number of rotatable bonds is 4. The highest BCUT2D eigenvalue weighted by molar-refractivity contribution is 7.90. The molecule has 0 fully saturated rings. The van der Waals surface area contributed by atoms with Crippen LogP contribution in [0.3, 0.4) is 0 Å². The molecule has 0 heterocycles. The van der Waals surface area contributed by atoms with Crippen molar-refractivity contribution in [3.05, 3.63) is 28.8 Å². The highest BCUT2D eigenvalue weighted by Crippen LogP contribution is 2.20. The summed E-state index contributed by atoms with van der Waals surface area (Å²) in [6.45, 7) is 4.23. The van der Waals surface area contributed by atoms with Gasteiger partial charge in [-0.1, -0.05) is 6.07 Å². The first-order valence-corrected chi connectivity index (χ1v) is 6.81. The van der Waals surface area contributed by atoms with Gasteiger partial charge in [-0.2, -0.15) is 5.48 Å². The number of hydroxylamine groups is 1. The first-order chi connectivity index (χ1) is 7.36. The maximum Gasteiger partial charge on any atom is 0.175 e. The summed E-state index contributed by atoms with van der Waals surface area (Å²) in [5.41, 5.74) is 5.43. The van der Waals surface area contributed by atoms with Gasteiger partial charge in [-0.3, -0.25) is 0 Å². The molecule has 1 rings (SSSR count). The van der Waals surface area contributed by atoms with E-state index >= 15 is 0 Å². The van der Waals surface area contributed by atoms with Crippen molar-refractivity contribution in [1.82, 2.24) is 5.48 Å². The highest BCUT2D eigenvalue weighted by atomic mass is 32.2. The molecule has 0 radical (unpaired) electrons. The topological polar surface area (TPSA) is 55.4 Å². The third kappa shape index (κ3) is 3.04. The fraction of sp³-hybridized carbons (Fsp3) is 0.455. The van der Waals surface area contributed by atoms with Crippen LogP contribution in [0, 0.1) is 13.8 Å². The molecule has 0 spiro atoms. The Morgan fingerprint density at radius 1 is 1.25 bits per heavy atom. The summed E-state index contributed by atoms with van der Waals surface area (Å²) >= 11 is 0. The molecule has 1 aromatic rings. The van der Waals surface area contributed by atoms with E-state index in [0.717, 1.165) is 16.7 Å². The van der Waals surface area contributed by atoms with Gasteiger partial charge in [-0.25, -0.2) is 8.42 Å². The van der Waals surface area contributed by atoms with Crippen LogP contribution in [0.2, 0.25) is 0 Å². The summed E-state index contributed by atoms with van der Waals surface area (Å²) in [6, 6.07) is 3.58. The second-order valence-corrected chi connectivity index (χ2v) is 5.83. The van der Waals surface area contributed by atoms with Crippen LogP contribution in [0.15, 0.2) is 17.0 Å². The lowest BCUT2D eigenvalue weighted by Crippen LogP contribution is -2.14. The Morgan fingerprint density at radius 3 is 2.31 bits per heavy atom. The fourth-order valence-electron chi connectivity index (χ4n) is 1.48. The molecule has 0 aliphatic heterocycles. The second-order valence-electron chi connectivity index (χ2n) is 3.84. The smallest absolute Gasteiger partial charge is 0.175 e. The molecule has 0 aromatic heterocycles. The molecule has 0 atom stereocenters. The average molecular weight is 243 g/mol. The van der Waals surface area contributed by atoms with Crippen molar-refractivity contribution in [2.24, 2.45) is 0 Å². The van der Waals surface area contributed by atoms with E-state index in [2.05, 4.69) is 5.48 Å². The molecule has 1 N–H and O–H groups in total.